The van der Waals surface area contributed by atoms with Crippen molar-refractivity contribution in [3.8, 4) is 0 Å². The van der Waals surface area contributed by atoms with Gasteiger partial charge in [0.15, 0.2) is 5.84 Å². The van der Waals surface area contributed by atoms with Crippen molar-refractivity contribution in [1.29, 1.82) is 0 Å². The maximum absolute atomic E-state index is 12.0. The molecule has 3 N–H and O–H groups in total. The van der Waals surface area contributed by atoms with Gasteiger partial charge in [0.05, 0.1) is 4.90 Å². The number of carbonyl (C=O) groups excluding carboxylic acids is 1. The summed E-state index contributed by atoms with van der Waals surface area (Å²) in [5, 5.41) is 2.90. The molecule has 2 heterocycles. The third-order valence-corrected chi connectivity index (χ3v) is 5.45. The number of amidine groups is 1. The van der Waals surface area contributed by atoms with Crippen LogP contribution >= 0.6 is 10.8 Å². The van der Waals surface area contributed by atoms with Crippen molar-refractivity contribution in [3.05, 3.63) is 29.8 Å². The van der Waals surface area contributed by atoms with Crippen LogP contribution in [0.1, 0.15) is 39.2 Å². The molecule has 0 bridgehead atoms. The number of likely N-dealkylation sites (tertiary alicyclic amines) is 1. The SMILES string of the molecule is CC(C)(C)OC(=O)NC1CCCN(C2=NS(O)(O)c3ccccc32)C1. The number of hydrogen-bond acceptors (Lipinski definition) is 6. The van der Waals surface area contributed by atoms with Crippen LogP contribution in [0.25, 0.3) is 0 Å². The Labute approximate surface area is 149 Å². The van der Waals surface area contributed by atoms with Crippen LogP contribution in [0, 0.1) is 0 Å². The molecule has 1 fully saturated rings. The van der Waals surface area contributed by atoms with E-state index in [9.17, 15) is 13.9 Å². The molecule has 8 heteroatoms. The molecule has 1 saturated heterocycles. The Balaban J connectivity index is 1.71. The zero-order chi connectivity index (χ0) is 18.2. The van der Waals surface area contributed by atoms with Crippen molar-refractivity contribution in [2.45, 2.75) is 50.2 Å². The number of amides is 1. The number of carbonyl (C=O) groups is 1. The molecule has 2 aliphatic heterocycles. The Morgan fingerprint density at radius 3 is 2.80 bits per heavy atom. The molecular formula is C17H25N3O4S. The summed E-state index contributed by atoms with van der Waals surface area (Å²) in [4.78, 5) is 14.5. The first kappa shape index (κ1) is 18.0. The lowest BCUT2D eigenvalue weighted by Crippen LogP contribution is -2.50. The number of benzene rings is 1. The summed E-state index contributed by atoms with van der Waals surface area (Å²) >= 11 is 0. The number of ether oxygens (including phenoxy) is 1. The Hall–Kier alpha value is -1.77. The first-order chi connectivity index (χ1) is 11.7. The summed E-state index contributed by atoms with van der Waals surface area (Å²) in [5.41, 5.74) is 0.212. The topological polar surface area (TPSA) is 94.4 Å². The standard InChI is InChI=1S/C17H25N3O4S/c1-17(2,3)24-16(21)18-12-7-6-10-20(11-12)15-13-8-4-5-9-14(13)25(22,23)19-15/h4-5,8-9,12,22-23H,6-7,10-11H2,1-3H3,(H,18,21). The van der Waals surface area contributed by atoms with E-state index in [1.807, 2.05) is 37.8 Å². The summed E-state index contributed by atoms with van der Waals surface area (Å²) in [6.07, 6.45) is 1.29. The molecule has 3 rings (SSSR count). The zero-order valence-electron chi connectivity index (χ0n) is 14.7. The summed E-state index contributed by atoms with van der Waals surface area (Å²) in [7, 11) is -3.13. The second-order valence-corrected chi connectivity index (χ2v) is 9.02. The molecule has 1 aromatic carbocycles. The normalized spacial score (nSPS) is 23.5. The van der Waals surface area contributed by atoms with E-state index in [0.717, 1.165) is 24.9 Å². The minimum absolute atomic E-state index is 0.0687. The molecule has 1 amide bonds. The lowest BCUT2D eigenvalue weighted by Gasteiger charge is -2.34. The largest absolute Gasteiger partial charge is 0.444 e. The van der Waals surface area contributed by atoms with Gasteiger partial charge in [0.25, 0.3) is 0 Å². The average Bonchev–Trinajstić information content (AvgIpc) is 2.78. The highest BCUT2D eigenvalue weighted by atomic mass is 32.3. The first-order valence-electron chi connectivity index (χ1n) is 8.38. The van der Waals surface area contributed by atoms with Crippen molar-refractivity contribution < 1.29 is 18.6 Å². The third-order valence-electron chi connectivity index (χ3n) is 4.08. The van der Waals surface area contributed by atoms with E-state index in [4.69, 9.17) is 4.74 Å². The highest BCUT2D eigenvalue weighted by molar-refractivity contribution is 8.23. The molecule has 1 aromatic rings. The first-order valence-corrected chi connectivity index (χ1v) is 9.88. The molecule has 0 saturated carbocycles. The summed E-state index contributed by atoms with van der Waals surface area (Å²) in [6.45, 7) is 6.80. The molecule has 0 spiro atoms. The predicted molar refractivity (Wildman–Crippen MR) is 98.1 cm³/mol. The summed E-state index contributed by atoms with van der Waals surface area (Å²) in [6, 6.07) is 7.10. The lowest BCUT2D eigenvalue weighted by molar-refractivity contribution is 0.0486. The molecule has 25 heavy (non-hydrogen) atoms. The molecule has 0 aromatic heterocycles. The van der Waals surface area contributed by atoms with Gasteiger partial charge in [-0.15, -0.1) is 4.40 Å². The van der Waals surface area contributed by atoms with Crippen LogP contribution in [-0.2, 0) is 4.74 Å². The van der Waals surface area contributed by atoms with Crippen molar-refractivity contribution >= 4 is 22.7 Å². The van der Waals surface area contributed by atoms with E-state index in [0.29, 0.717) is 17.3 Å². The molecule has 7 nitrogen and oxygen atoms in total. The monoisotopic (exact) mass is 367 g/mol. The van der Waals surface area contributed by atoms with Gasteiger partial charge >= 0.3 is 6.09 Å². The van der Waals surface area contributed by atoms with Crippen molar-refractivity contribution in [2.24, 2.45) is 4.40 Å². The van der Waals surface area contributed by atoms with Crippen LogP contribution in [0.5, 0.6) is 0 Å². The molecule has 1 unspecified atom stereocenters. The van der Waals surface area contributed by atoms with Crippen molar-refractivity contribution in [1.82, 2.24) is 10.2 Å². The van der Waals surface area contributed by atoms with E-state index in [2.05, 4.69) is 9.71 Å². The van der Waals surface area contributed by atoms with Crippen LogP contribution in [0.4, 0.5) is 4.79 Å². The molecule has 2 aliphatic rings. The second kappa shape index (κ2) is 6.51. The van der Waals surface area contributed by atoms with Gasteiger partial charge in [0.2, 0.25) is 0 Å². The van der Waals surface area contributed by atoms with Crippen LogP contribution in [0.3, 0.4) is 0 Å². The predicted octanol–water partition coefficient (Wildman–Crippen LogP) is 3.46. The Morgan fingerprint density at radius 1 is 1.36 bits per heavy atom. The van der Waals surface area contributed by atoms with Crippen LogP contribution in [0.15, 0.2) is 33.6 Å². The highest BCUT2D eigenvalue weighted by Crippen LogP contribution is 2.56. The number of nitrogens with one attached hydrogen (secondary N) is 1. The minimum Gasteiger partial charge on any atom is -0.444 e. The van der Waals surface area contributed by atoms with Gasteiger partial charge in [-0.1, -0.05) is 22.9 Å². The number of hydrogen-bond donors (Lipinski definition) is 3. The van der Waals surface area contributed by atoms with E-state index in [-0.39, 0.29) is 6.04 Å². The molecule has 0 aliphatic carbocycles. The van der Waals surface area contributed by atoms with Gasteiger partial charge in [0.1, 0.15) is 5.60 Å². The molecule has 138 valence electrons. The smallest absolute Gasteiger partial charge is 0.407 e. The number of fused-ring (bicyclic) bond motifs is 1. The van der Waals surface area contributed by atoms with Gasteiger partial charge in [0, 0.05) is 24.7 Å². The van der Waals surface area contributed by atoms with Crippen LogP contribution < -0.4 is 5.32 Å². The molecule has 1 atom stereocenters. The van der Waals surface area contributed by atoms with Gasteiger partial charge in [-0.3, -0.25) is 9.11 Å². The quantitative estimate of drug-likeness (QED) is 0.707. The van der Waals surface area contributed by atoms with Gasteiger partial charge in [-0.25, -0.2) is 4.79 Å². The van der Waals surface area contributed by atoms with E-state index >= 15 is 0 Å². The maximum Gasteiger partial charge on any atom is 0.407 e. The third kappa shape index (κ3) is 4.08. The Bertz CT molecular complexity index is 699. The van der Waals surface area contributed by atoms with E-state index in [1.54, 1.807) is 12.1 Å². The van der Waals surface area contributed by atoms with Gasteiger partial charge in [-0.05, 0) is 45.7 Å². The van der Waals surface area contributed by atoms with E-state index in [1.165, 1.54) is 0 Å². The fourth-order valence-electron chi connectivity index (χ4n) is 3.10. The number of rotatable bonds is 1. The minimum atomic E-state index is -3.13. The van der Waals surface area contributed by atoms with Crippen LogP contribution in [0.2, 0.25) is 0 Å². The Kier molecular flexibility index (Phi) is 4.70. The lowest BCUT2D eigenvalue weighted by atomic mass is 10.0. The average molecular weight is 367 g/mol. The molecular weight excluding hydrogens is 342 g/mol. The fraction of sp³-hybridized carbons (Fsp3) is 0.529. The maximum atomic E-state index is 12.0. The van der Waals surface area contributed by atoms with Crippen molar-refractivity contribution in [3.63, 3.8) is 0 Å². The van der Waals surface area contributed by atoms with Crippen LogP contribution in [-0.4, -0.2) is 50.7 Å². The number of alkyl carbamates (subject to hydrolysis) is 1. The summed E-state index contributed by atoms with van der Waals surface area (Å²) < 4.78 is 29.9. The van der Waals surface area contributed by atoms with Crippen molar-refractivity contribution in [2.75, 3.05) is 13.1 Å². The fourth-order valence-corrected chi connectivity index (χ4v) is 4.37. The van der Waals surface area contributed by atoms with Gasteiger partial charge in [-0.2, -0.15) is 0 Å². The Morgan fingerprint density at radius 2 is 2.08 bits per heavy atom. The summed E-state index contributed by atoms with van der Waals surface area (Å²) in [5.74, 6) is 0.589. The number of piperidine rings is 1. The molecule has 0 radical (unpaired) electrons. The van der Waals surface area contributed by atoms with Gasteiger partial charge < -0.3 is 15.0 Å². The number of nitrogens with zero attached hydrogens (tertiary/aromatic N) is 2. The highest BCUT2D eigenvalue weighted by Gasteiger charge is 2.34. The second-order valence-electron chi connectivity index (χ2n) is 7.36. The zero-order valence-corrected chi connectivity index (χ0v) is 15.5. The van der Waals surface area contributed by atoms with E-state index < -0.39 is 22.5 Å².